The number of nitrogens with one attached hydrogen (secondary N) is 1. The lowest BCUT2D eigenvalue weighted by atomic mass is 10.0. The average Bonchev–Trinajstić information content (AvgIpc) is 2.47. The predicted octanol–water partition coefficient (Wildman–Crippen LogP) is 3.55. The summed E-state index contributed by atoms with van der Waals surface area (Å²) in [4.78, 5) is 19.9. The number of thioether (sulfide) groups is 1. The maximum Gasteiger partial charge on any atom is 0.255 e. The van der Waals surface area contributed by atoms with Crippen molar-refractivity contribution in [2.24, 2.45) is 0 Å². The molecule has 104 valence electrons. The molecular weight excluding hydrogens is 336 g/mol. The molecule has 0 amide bonds. The van der Waals surface area contributed by atoms with Crippen LogP contribution >= 0.6 is 27.7 Å². The smallest absolute Gasteiger partial charge is 0.255 e. The SMILES string of the molecule is CCc1cc(Br)ccc1-c1nc2c(c(=O)[nH]1)CSCC2. The quantitative estimate of drug-likeness (QED) is 0.900. The second-order valence-electron chi connectivity index (χ2n) is 4.80. The van der Waals surface area contributed by atoms with Crippen molar-refractivity contribution in [1.82, 2.24) is 9.97 Å². The Morgan fingerprint density at radius 1 is 1.45 bits per heavy atom. The lowest BCUT2D eigenvalue weighted by molar-refractivity contribution is 0.935. The fourth-order valence-corrected chi connectivity index (χ4v) is 3.85. The number of fused-ring (bicyclic) bond motifs is 1. The largest absolute Gasteiger partial charge is 0.306 e. The number of H-pyrrole nitrogens is 1. The molecule has 0 bridgehead atoms. The van der Waals surface area contributed by atoms with Crippen molar-refractivity contribution in [2.75, 3.05) is 5.75 Å². The third kappa shape index (κ3) is 2.56. The third-order valence-electron chi connectivity index (χ3n) is 3.53. The second kappa shape index (κ2) is 5.74. The molecule has 3 nitrogen and oxygen atoms in total. The third-order valence-corrected chi connectivity index (χ3v) is 5.01. The zero-order chi connectivity index (χ0) is 14.1. The van der Waals surface area contributed by atoms with Crippen LogP contribution in [0.5, 0.6) is 0 Å². The van der Waals surface area contributed by atoms with E-state index in [1.165, 1.54) is 5.56 Å². The van der Waals surface area contributed by atoms with Crippen LogP contribution in [0.15, 0.2) is 27.5 Å². The minimum atomic E-state index is 0.0159. The molecule has 0 atom stereocenters. The molecule has 20 heavy (non-hydrogen) atoms. The van der Waals surface area contributed by atoms with E-state index in [9.17, 15) is 4.79 Å². The number of hydrogen-bond acceptors (Lipinski definition) is 3. The molecule has 1 aromatic heterocycles. The molecule has 0 spiro atoms. The number of aromatic nitrogens is 2. The van der Waals surface area contributed by atoms with Crippen molar-refractivity contribution in [3.05, 3.63) is 49.8 Å². The van der Waals surface area contributed by atoms with Crippen LogP contribution in [0.2, 0.25) is 0 Å². The van der Waals surface area contributed by atoms with E-state index >= 15 is 0 Å². The average molecular weight is 351 g/mol. The lowest BCUT2D eigenvalue weighted by Crippen LogP contribution is -2.21. The van der Waals surface area contributed by atoms with Crippen LogP contribution in [0.4, 0.5) is 0 Å². The summed E-state index contributed by atoms with van der Waals surface area (Å²) in [5.74, 6) is 2.52. The topological polar surface area (TPSA) is 45.8 Å². The van der Waals surface area contributed by atoms with Crippen molar-refractivity contribution in [3.8, 4) is 11.4 Å². The van der Waals surface area contributed by atoms with Crippen LogP contribution in [-0.2, 0) is 18.6 Å². The first-order valence-electron chi connectivity index (χ1n) is 6.67. The van der Waals surface area contributed by atoms with Gasteiger partial charge >= 0.3 is 0 Å². The number of halogens is 1. The highest BCUT2D eigenvalue weighted by Crippen LogP contribution is 2.26. The fraction of sp³-hybridized carbons (Fsp3) is 0.333. The number of aromatic amines is 1. The molecule has 2 heterocycles. The van der Waals surface area contributed by atoms with E-state index in [4.69, 9.17) is 4.98 Å². The molecule has 2 aromatic rings. The molecule has 1 N–H and O–H groups in total. The van der Waals surface area contributed by atoms with Crippen molar-refractivity contribution in [1.29, 1.82) is 0 Å². The number of aryl methyl sites for hydroxylation is 2. The summed E-state index contributed by atoms with van der Waals surface area (Å²) < 4.78 is 1.05. The highest BCUT2D eigenvalue weighted by atomic mass is 79.9. The van der Waals surface area contributed by atoms with Gasteiger partial charge in [0.25, 0.3) is 5.56 Å². The number of rotatable bonds is 2. The van der Waals surface area contributed by atoms with E-state index in [-0.39, 0.29) is 5.56 Å². The molecule has 1 aromatic carbocycles. The first-order valence-corrected chi connectivity index (χ1v) is 8.62. The number of nitrogens with zero attached hydrogens (tertiary/aromatic N) is 1. The van der Waals surface area contributed by atoms with Crippen LogP contribution in [0.3, 0.4) is 0 Å². The standard InChI is InChI=1S/C15H15BrN2OS/c1-2-9-7-10(16)3-4-11(9)14-17-13-5-6-20-8-12(13)15(19)18-14/h3-4,7H,2,5-6,8H2,1H3,(H,17,18,19). The minimum Gasteiger partial charge on any atom is -0.306 e. The van der Waals surface area contributed by atoms with E-state index in [1.54, 1.807) is 11.8 Å². The fourth-order valence-electron chi connectivity index (χ4n) is 2.46. The lowest BCUT2D eigenvalue weighted by Gasteiger charge is -2.15. The Morgan fingerprint density at radius 3 is 3.10 bits per heavy atom. The zero-order valence-electron chi connectivity index (χ0n) is 11.2. The Hall–Kier alpha value is -1.07. The Kier molecular flexibility index (Phi) is 3.98. The van der Waals surface area contributed by atoms with Gasteiger partial charge in [0.2, 0.25) is 0 Å². The summed E-state index contributed by atoms with van der Waals surface area (Å²) in [6.45, 7) is 2.11. The van der Waals surface area contributed by atoms with Gasteiger partial charge in [0.05, 0.1) is 5.69 Å². The van der Waals surface area contributed by atoms with E-state index in [0.717, 1.165) is 45.6 Å². The Labute approximate surface area is 130 Å². The summed E-state index contributed by atoms with van der Waals surface area (Å²) in [7, 11) is 0. The van der Waals surface area contributed by atoms with Crippen LogP contribution < -0.4 is 5.56 Å². The maximum absolute atomic E-state index is 12.2. The Morgan fingerprint density at radius 2 is 2.30 bits per heavy atom. The minimum absolute atomic E-state index is 0.0159. The van der Waals surface area contributed by atoms with Gasteiger partial charge in [-0.2, -0.15) is 11.8 Å². The van der Waals surface area contributed by atoms with Crippen LogP contribution in [0, 0.1) is 0 Å². The molecule has 1 aliphatic rings. The summed E-state index contributed by atoms with van der Waals surface area (Å²) in [6, 6.07) is 6.10. The molecular formula is C15H15BrN2OS. The number of hydrogen-bond donors (Lipinski definition) is 1. The monoisotopic (exact) mass is 350 g/mol. The second-order valence-corrected chi connectivity index (χ2v) is 6.82. The molecule has 0 aliphatic carbocycles. The molecule has 0 saturated heterocycles. The summed E-state index contributed by atoms with van der Waals surface area (Å²) in [5, 5.41) is 0. The van der Waals surface area contributed by atoms with Gasteiger partial charge in [0, 0.05) is 21.4 Å². The van der Waals surface area contributed by atoms with Gasteiger partial charge in [-0.25, -0.2) is 4.98 Å². The predicted molar refractivity (Wildman–Crippen MR) is 87.2 cm³/mol. The molecule has 0 unspecified atom stereocenters. The van der Waals surface area contributed by atoms with Gasteiger partial charge in [-0.05, 0) is 42.4 Å². The molecule has 1 aliphatic heterocycles. The van der Waals surface area contributed by atoms with E-state index < -0.39 is 0 Å². The van der Waals surface area contributed by atoms with Crippen molar-refractivity contribution < 1.29 is 0 Å². The van der Waals surface area contributed by atoms with Gasteiger partial charge in [-0.1, -0.05) is 22.9 Å². The van der Waals surface area contributed by atoms with E-state index in [2.05, 4.69) is 33.9 Å². The highest BCUT2D eigenvalue weighted by Gasteiger charge is 2.17. The number of benzene rings is 1. The zero-order valence-corrected chi connectivity index (χ0v) is 13.6. The van der Waals surface area contributed by atoms with Crippen LogP contribution in [0.25, 0.3) is 11.4 Å². The molecule has 0 radical (unpaired) electrons. The highest BCUT2D eigenvalue weighted by molar-refractivity contribution is 9.10. The van der Waals surface area contributed by atoms with E-state index in [0.29, 0.717) is 5.82 Å². The van der Waals surface area contributed by atoms with Crippen molar-refractivity contribution in [3.63, 3.8) is 0 Å². The summed E-state index contributed by atoms with van der Waals surface area (Å²) in [5.41, 5.74) is 4.04. The van der Waals surface area contributed by atoms with Gasteiger partial charge < -0.3 is 4.98 Å². The first-order chi connectivity index (χ1) is 9.69. The van der Waals surface area contributed by atoms with Gasteiger partial charge in [-0.15, -0.1) is 0 Å². The molecule has 0 saturated carbocycles. The van der Waals surface area contributed by atoms with Crippen LogP contribution in [0.1, 0.15) is 23.7 Å². The van der Waals surface area contributed by atoms with E-state index in [1.807, 2.05) is 12.1 Å². The molecule has 0 fully saturated rings. The Balaban J connectivity index is 2.16. The van der Waals surface area contributed by atoms with Crippen molar-refractivity contribution >= 4 is 27.7 Å². The van der Waals surface area contributed by atoms with Gasteiger partial charge in [0.1, 0.15) is 5.82 Å². The maximum atomic E-state index is 12.2. The van der Waals surface area contributed by atoms with Crippen LogP contribution in [-0.4, -0.2) is 15.7 Å². The summed E-state index contributed by atoms with van der Waals surface area (Å²) >= 11 is 5.29. The molecule has 5 heteroatoms. The van der Waals surface area contributed by atoms with Gasteiger partial charge in [0.15, 0.2) is 0 Å². The van der Waals surface area contributed by atoms with Gasteiger partial charge in [-0.3, -0.25) is 4.79 Å². The Bertz CT molecular complexity index is 712. The molecule has 3 rings (SSSR count). The van der Waals surface area contributed by atoms with Crippen molar-refractivity contribution in [2.45, 2.75) is 25.5 Å². The first kappa shape index (κ1) is 13.9. The normalized spacial score (nSPS) is 14.1. The summed E-state index contributed by atoms with van der Waals surface area (Å²) in [6.07, 6.45) is 1.79.